The van der Waals surface area contributed by atoms with Gasteiger partial charge in [-0.3, -0.25) is 9.78 Å². The van der Waals surface area contributed by atoms with E-state index >= 15 is 0 Å². The fourth-order valence-electron chi connectivity index (χ4n) is 1.50. The topological polar surface area (TPSA) is 74.9 Å². The smallest absolute Gasteiger partial charge is 0.216 e. The van der Waals surface area contributed by atoms with Gasteiger partial charge in [-0.1, -0.05) is 17.7 Å². The zero-order chi connectivity index (χ0) is 14.4. The van der Waals surface area contributed by atoms with Gasteiger partial charge >= 0.3 is 0 Å². The number of azo groups is 1. The predicted molar refractivity (Wildman–Crippen MR) is 75.0 cm³/mol. The first-order chi connectivity index (χ1) is 9.70. The molecule has 1 N–H and O–H groups in total. The first-order valence-corrected chi connectivity index (χ1v) is 5.98. The Morgan fingerprint density at radius 2 is 1.80 bits per heavy atom. The summed E-state index contributed by atoms with van der Waals surface area (Å²) in [5, 5.41) is 16.8. The molecule has 0 radical (unpaired) electrons. The Hall–Kier alpha value is -2.82. The Morgan fingerprint density at radius 1 is 1.15 bits per heavy atom. The molecule has 0 aliphatic heterocycles. The quantitative estimate of drug-likeness (QED) is 0.396. The second-order valence-corrected chi connectivity index (χ2v) is 4.11. The second-order valence-electron chi connectivity index (χ2n) is 4.11. The van der Waals surface area contributed by atoms with Crippen molar-refractivity contribution < 1.29 is 9.90 Å². The van der Waals surface area contributed by atoms with Crippen LogP contribution in [0.3, 0.4) is 0 Å². The fourth-order valence-corrected chi connectivity index (χ4v) is 1.50. The summed E-state index contributed by atoms with van der Waals surface area (Å²) >= 11 is 0. The Morgan fingerprint density at radius 3 is 2.40 bits per heavy atom. The van der Waals surface area contributed by atoms with Crippen LogP contribution >= 0.6 is 0 Å². The van der Waals surface area contributed by atoms with Crippen LogP contribution in [0.1, 0.15) is 15.9 Å². The first-order valence-electron chi connectivity index (χ1n) is 5.98. The highest BCUT2D eigenvalue weighted by atomic mass is 16.2. The van der Waals surface area contributed by atoms with Crippen LogP contribution in [0.15, 0.2) is 71.0 Å². The Bertz CT molecular complexity index is 647. The molecule has 100 valence electrons. The summed E-state index contributed by atoms with van der Waals surface area (Å²) in [6, 6.07) is 10.4. The van der Waals surface area contributed by atoms with Gasteiger partial charge in [0.1, 0.15) is 6.26 Å². The monoisotopic (exact) mass is 267 g/mol. The minimum atomic E-state index is -0.411. The molecule has 0 spiro atoms. The first kappa shape index (κ1) is 13.6. The number of pyridine rings is 1. The Labute approximate surface area is 116 Å². The van der Waals surface area contributed by atoms with E-state index in [4.69, 9.17) is 5.11 Å². The Kier molecular flexibility index (Phi) is 4.34. The van der Waals surface area contributed by atoms with E-state index < -0.39 is 5.78 Å². The lowest BCUT2D eigenvalue weighted by Gasteiger charge is -1.99. The average Bonchev–Trinajstić information content (AvgIpc) is 2.50. The summed E-state index contributed by atoms with van der Waals surface area (Å²) in [5.41, 5.74) is 1.98. The number of Topliss-reactive ketones (excluding diaryl/α,β-unsaturated/α-hetero) is 1. The number of hydrogen-bond acceptors (Lipinski definition) is 5. The van der Waals surface area contributed by atoms with E-state index in [1.165, 1.54) is 12.4 Å². The van der Waals surface area contributed by atoms with Crippen molar-refractivity contribution in [2.24, 2.45) is 10.2 Å². The van der Waals surface area contributed by atoms with Crippen molar-refractivity contribution in [2.75, 3.05) is 0 Å². The standard InChI is InChI=1S/C15H13N3O2/c1-11-2-4-13(5-3-11)17-18-14(10-19)15(20)12-6-8-16-9-7-12/h2-10,19H,1H3/b14-10-,18-17?. The van der Waals surface area contributed by atoms with Crippen LogP contribution in [-0.4, -0.2) is 15.9 Å². The number of ketones is 1. The lowest BCUT2D eigenvalue weighted by molar-refractivity contribution is 0.102. The van der Waals surface area contributed by atoms with Crippen LogP contribution in [0, 0.1) is 6.92 Å². The van der Waals surface area contributed by atoms with E-state index in [9.17, 15) is 4.79 Å². The average molecular weight is 267 g/mol. The maximum absolute atomic E-state index is 12.0. The third-order valence-electron chi connectivity index (χ3n) is 2.60. The number of aliphatic hydroxyl groups excluding tert-OH is 1. The molecular formula is C15H13N3O2. The molecule has 5 nitrogen and oxygen atoms in total. The van der Waals surface area contributed by atoms with Gasteiger partial charge in [0.2, 0.25) is 5.78 Å². The molecule has 0 saturated heterocycles. The van der Waals surface area contributed by atoms with Crippen molar-refractivity contribution in [1.82, 2.24) is 4.98 Å². The minimum absolute atomic E-state index is 0.128. The van der Waals surface area contributed by atoms with Gasteiger partial charge in [0.05, 0.1) is 5.69 Å². The normalized spacial score (nSPS) is 11.8. The van der Waals surface area contributed by atoms with Crippen molar-refractivity contribution >= 4 is 11.5 Å². The van der Waals surface area contributed by atoms with Gasteiger partial charge in [-0.2, -0.15) is 5.11 Å². The maximum Gasteiger partial charge on any atom is 0.216 e. The lowest BCUT2D eigenvalue weighted by atomic mass is 10.1. The summed E-state index contributed by atoms with van der Waals surface area (Å²) in [7, 11) is 0. The number of benzene rings is 1. The highest BCUT2D eigenvalue weighted by Crippen LogP contribution is 2.16. The molecule has 2 aromatic rings. The lowest BCUT2D eigenvalue weighted by Crippen LogP contribution is -2.01. The third kappa shape index (κ3) is 3.35. The Balaban J connectivity index is 2.18. The van der Waals surface area contributed by atoms with Crippen LogP contribution in [0.25, 0.3) is 0 Å². The molecule has 0 unspecified atom stereocenters. The number of aromatic nitrogens is 1. The number of allylic oxidation sites excluding steroid dienone is 1. The molecule has 0 saturated carbocycles. The molecule has 0 amide bonds. The molecule has 0 atom stereocenters. The molecule has 0 fully saturated rings. The van der Waals surface area contributed by atoms with Crippen LogP contribution in [-0.2, 0) is 0 Å². The molecule has 0 aliphatic carbocycles. The van der Waals surface area contributed by atoms with Crippen molar-refractivity contribution in [3.8, 4) is 0 Å². The summed E-state index contributed by atoms with van der Waals surface area (Å²) in [4.78, 5) is 15.9. The van der Waals surface area contributed by atoms with Gasteiger partial charge in [-0.25, -0.2) is 0 Å². The van der Waals surface area contributed by atoms with E-state index in [-0.39, 0.29) is 5.70 Å². The van der Waals surface area contributed by atoms with Crippen molar-refractivity contribution in [3.05, 3.63) is 71.9 Å². The largest absolute Gasteiger partial charge is 0.513 e. The molecule has 1 heterocycles. The number of rotatable bonds is 4. The summed E-state index contributed by atoms with van der Waals surface area (Å²) in [5.74, 6) is -0.411. The van der Waals surface area contributed by atoms with Crippen molar-refractivity contribution in [1.29, 1.82) is 0 Å². The van der Waals surface area contributed by atoms with E-state index in [0.717, 1.165) is 5.56 Å². The van der Waals surface area contributed by atoms with Gasteiger partial charge in [-0.05, 0) is 31.2 Å². The molecule has 0 bridgehead atoms. The van der Waals surface area contributed by atoms with E-state index in [0.29, 0.717) is 17.5 Å². The molecular weight excluding hydrogens is 254 g/mol. The molecule has 2 rings (SSSR count). The molecule has 20 heavy (non-hydrogen) atoms. The van der Waals surface area contributed by atoms with E-state index in [1.54, 1.807) is 24.3 Å². The van der Waals surface area contributed by atoms with Crippen molar-refractivity contribution in [2.45, 2.75) is 6.92 Å². The maximum atomic E-state index is 12.0. The third-order valence-corrected chi connectivity index (χ3v) is 2.60. The van der Waals surface area contributed by atoms with E-state index in [1.807, 2.05) is 19.1 Å². The van der Waals surface area contributed by atoms with Gasteiger partial charge in [0, 0.05) is 18.0 Å². The predicted octanol–water partition coefficient (Wildman–Crippen LogP) is 3.76. The molecule has 0 aliphatic rings. The van der Waals surface area contributed by atoms with Gasteiger partial charge in [0.25, 0.3) is 0 Å². The van der Waals surface area contributed by atoms with Crippen molar-refractivity contribution in [3.63, 3.8) is 0 Å². The fraction of sp³-hybridized carbons (Fsp3) is 0.0667. The van der Waals surface area contributed by atoms with Crippen LogP contribution in [0.4, 0.5) is 5.69 Å². The number of aryl methyl sites for hydroxylation is 1. The zero-order valence-electron chi connectivity index (χ0n) is 10.9. The van der Waals surface area contributed by atoms with Gasteiger partial charge in [0.15, 0.2) is 5.70 Å². The highest BCUT2D eigenvalue weighted by molar-refractivity contribution is 6.08. The SMILES string of the molecule is Cc1ccc(N=N/C(=C\O)C(=O)c2ccncc2)cc1. The van der Waals surface area contributed by atoms with Crippen LogP contribution in [0.2, 0.25) is 0 Å². The number of nitrogens with zero attached hydrogens (tertiary/aromatic N) is 3. The second kappa shape index (κ2) is 6.38. The van der Waals surface area contributed by atoms with Crippen LogP contribution in [0.5, 0.6) is 0 Å². The molecule has 5 heteroatoms. The molecule has 1 aromatic carbocycles. The van der Waals surface area contributed by atoms with Gasteiger partial charge in [-0.15, -0.1) is 5.11 Å². The number of hydrogen-bond donors (Lipinski definition) is 1. The molecule has 1 aromatic heterocycles. The highest BCUT2D eigenvalue weighted by Gasteiger charge is 2.11. The number of aliphatic hydroxyl groups is 1. The summed E-state index contributed by atoms with van der Waals surface area (Å²) in [6.07, 6.45) is 3.65. The van der Waals surface area contributed by atoms with E-state index in [2.05, 4.69) is 15.2 Å². The van der Waals surface area contributed by atoms with Crippen LogP contribution < -0.4 is 0 Å². The minimum Gasteiger partial charge on any atom is -0.513 e. The summed E-state index contributed by atoms with van der Waals surface area (Å²) < 4.78 is 0. The summed E-state index contributed by atoms with van der Waals surface area (Å²) in [6.45, 7) is 1.97. The number of carbonyl (C=O) groups excluding carboxylic acids is 1. The number of carbonyl (C=O) groups is 1. The van der Waals surface area contributed by atoms with Gasteiger partial charge < -0.3 is 5.11 Å². The zero-order valence-corrected chi connectivity index (χ0v) is 10.9.